The zero-order chi connectivity index (χ0) is 11.4. The van der Waals surface area contributed by atoms with Crippen LogP contribution >= 0.6 is 0 Å². The van der Waals surface area contributed by atoms with Crippen LogP contribution in [0.4, 0.5) is 4.39 Å². The molecule has 0 radical (unpaired) electrons. The molecule has 1 unspecified atom stereocenters. The zero-order valence-corrected chi connectivity index (χ0v) is 9.33. The van der Waals surface area contributed by atoms with Gasteiger partial charge in [0.1, 0.15) is 11.9 Å². The standard InChI is InChI=1S/C12H17FO2/c1-8(2)15-7-11(14)10-6-4-5-9(3)12(10)13/h4-6,8,11,14H,7H2,1-3H3. The highest BCUT2D eigenvalue weighted by Crippen LogP contribution is 2.20. The van der Waals surface area contributed by atoms with E-state index in [1.165, 1.54) is 0 Å². The zero-order valence-electron chi connectivity index (χ0n) is 9.33. The van der Waals surface area contributed by atoms with Crippen LogP contribution in [-0.2, 0) is 4.74 Å². The molecule has 84 valence electrons. The van der Waals surface area contributed by atoms with Gasteiger partial charge < -0.3 is 9.84 Å². The highest BCUT2D eigenvalue weighted by atomic mass is 19.1. The van der Waals surface area contributed by atoms with Crippen LogP contribution in [0.25, 0.3) is 0 Å². The number of aliphatic hydroxyl groups is 1. The van der Waals surface area contributed by atoms with Gasteiger partial charge in [-0.2, -0.15) is 0 Å². The molecule has 0 fully saturated rings. The highest BCUT2D eigenvalue weighted by molar-refractivity contribution is 5.26. The number of hydrogen-bond donors (Lipinski definition) is 1. The summed E-state index contributed by atoms with van der Waals surface area (Å²) < 4.78 is 18.8. The van der Waals surface area contributed by atoms with E-state index >= 15 is 0 Å². The summed E-state index contributed by atoms with van der Waals surface area (Å²) in [6, 6.07) is 4.98. The van der Waals surface area contributed by atoms with Gasteiger partial charge in [-0.3, -0.25) is 0 Å². The normalized spacial score (nSPS) is 13.2. The van der Waals surface area contributed by atoms with E-state index in [0.717, 1.165) is 0 Å². The summed E-state index contributed by atoms with van der Waals surface area (Å²) in [7, 11) is 0. The monoisotopic (exact) mass is 212 g/mol. The molecule has 3 heteroatoms. The number of rotatable bonds is 4. The van der Waals surface area contributed by atoms with Crippen molar-refractivity contribution in [3.63, 3.8) is 0 Å². The maximum absolute atomic E-state index is 13.6. The topological polar surface area (TPSA) is 29.5 Å². The number of ether oxygens (including phenoxy) is 1. The van der Waals surface area contributed by atoms with E-state index < -0.39 is 6.10 Å². The molecule has 0 aliphatic carbocycles. The minimum Gasteiger partial charge on any atom is -0.386 e. The first-order valence-electron chi connectivity index (χ1n) is 5.07. The third-order valence-corrected chi connectivity index (χ3v) is 2.17. The second kappa shape index (κ2) is 5.24. The van der Waals surface area contributed by atoms with E-state index in [1.54, 1.807) is 25.1 Å². The summed E-state index contributed by atoms with van der Waals surface area (Å²) >= 11 is 0. The van der Waals surface area contributed by atoms with Crippen molar-refractivity contribution in [2.45, 2.75) is 33.0 Å². The van der Waals surface area contributed by atoms with Gasteiger partial charge in [0.2, 0.25) is 0 Å². The van der Waals surface area contributed by atoms with Crippen LogP contribution in [0.1, 0.15) is 31.1 Å². The van der Waals surface area contributed by atoms with Gasteiger partial charge in [0.25, 0.3) is 0 Å². The number of benzene rings is 1. The molecule has 0 aliphatic heterocycles. The van der Waals surface area contributed by atoms with Crippen molar-refractivity contribution in [1.82, 2.24) is 0 Å². The molecule has 1 atom stereocenters. The maximum atomic E-state index is 13.6. The SMILES string of the molecule is Cc1cccc(C(O)COC(C)C)c1F. The summed E-state index contributed by atoms with van der Waals surface area (Å²) in [5.74, 6) is -0.350. The number of aryl methyl sites for hydroxylation is 1. The largest absolute Gasteiger partial charge is 0.386 e. The molecule has 0 saturated carbocycles. The second-order valence-electron chi connectivity index (χ2n) is 3.88. The van der Waals surface area contributed by atoms with Crippen molar-refractivity contribution >= 4 is 0 Å². The quantitative estimate of drug-likeness (QED) is 0.831. The number of aliphatic hydroxyl groups excluding tert-OH is 1. The first kappa shape index (κ1) is 12.1. The van der Waals surface area contributed by atoms with Crippen molar-refractivity contribution in [3.8, 4) is 0 Å². The highest BCUT2D eigenvalue weighted by Gasteiger charge is 2.14. The summed E-state index contributed by atoms with van der Waals surface area (Å²) in [6.07, 6.45) is -0.861. The third-order valence-electron chi connectivity index (χ3n) is 2.17. The summed E-state index contributed by atoms with van der Waals surface area (Å²) in [6.45, 7) is 5.55. The van der Waals surface area contributed by atoms with Crippen LogP contribution in [0, 0.1) is 12.7 Å². The lowest BCUT2D eigenvalue weighted by atomic mass is 10.1. The fourth-order valence-corrected chi connectivity index (χ4v) is 1.30. The first-order valence-corrected chi connectivity index (χ1v) is 5.07. The Balaban J connectivity index is 2.73. The van der Waals surface area contributed by atoms with Crippen LogP contribution in [0.3, 0.4) is 0 Å². The Bertz CT molecular complexity index is 323. The van der Waals surface area contributed by atoms with Gasteiger partial charge in [0.05, 0.1) is 12.7 Å². The van der Waals surface area contributed by atoms with Gasteiger partial charge in [0, 0.05) is 5.56 Å². The Morgan fingerprint density at radius 1 is 1.40 bits per heavy atom. The van der Waals surface area contributed by atoms with Crippen LogP contribution < -0.4 is 0 Å². The predicted octanol–water partition coefficient (Wildman–Crippen LogP) is 2.59. The molecule has 1 rings (SSSR count). The van der Waals surface area contributed by atoms with E-state index in [2.05, 4.69) is 0 Å². The van der Waals surface area contributed by atoms with Crippen LogP contribution in [0.5, 0.6) is 0 Å². The van der Waals surface area contributed by atoms with E-state index in [4.69, 9.17) is 4.74 Å². The smallest absolute Gasteiger partial charge is 0.131 e. The molecule has 15 heavy (non-hydrogen) atoms. The van der Waals surface area contributed by atoms with Gasteiger partial charge in [0.15, 0.2) is 0 Å². The average molecular weight is 212 g/mol. The molecule has 0 aliphatic rings. The van der Waals surface area contributed by atoms with Crippen LogP contribution in [0.15, 0.2) is 18.2 Å². The molecule has 1 aromatic rings. The number of halogens is 1. The minimum atomic E-state index is -0.896. The second-order valence-corrected chi connectivity index (χ2v) is 3.88. The fraction of sp³-hybridized carbons (Fsp3) is 0.500. The maximum Gasteiger partial charge on any atom is 0.131 e. The molecular formula is C12H17FO2. The predicted molar refractivity (Wildman–Crippen MR) is 57.2 cm³/mol. The lowest BCUT2D eigenvalue weighted by Gasteiger charge is -2.15. The summed E-state index contributed by atoms with van der Waals surface area (Å²) in [5.41, 5.74) is 0.840. The molecule has 0 saturated heterocycles. The molecule has 1 aromatic carbocycles. The lowest BCUT2D eigenvalue weighted by molar-refractivity contribution is 0.00356. The van der Waals surface area contributed by atoms with Gasteiger partial charge in [-0.25, -0.2) is 4.39 Å². The summed E-state index contributed by atoms with van der Waals surface area (Å²) in [5, 5.41) is 9.71. The van der Waals surface area contributed by atoms with Crippen molar-refractivity contribution in [3.05, 3.63) is 35.1 Å². The summed E-state index contributed by atoms with van der Waals surface area (Å²) in [4.78, 5) is 0. The van der Waals surface area contributed by atoms with Crippen molar-refractivity contribution in [1.29, 1.82) is 0 Å². The molecule has 2 nitrogen and oxygen atoms in total. The van der Waals surface area contributed by atoms with Gasteiger partial charge in [-0.1, -0.05) is 18.2 Å². The molecule has 0 heterocycles. The molecule has 0 bridgehead atoms. The Morgan fingerprint density at radius 2 is 2.07 bits per heavy atom. The van der Waals surface area contributed by atoms with Crippen molar-refractivity contribution in [2.75, 3.05) is 6.61 Å². The molecule has 0 aromatic heterocycles. The molecule has 1 N–H and O–H groups in total. The van der Waals surface area contributed by atoms with Gasteiger partial charge in [-0.05, 0) is 26.3 Å². The van der Waals surface area contributed by atoms with E-state index in [-0.39, 0.29) is 18.5 Å². The minimum absolute atomic E-state index is 0.0347. The van der Waals surface area contributed by atoms with Crippen molar-refractivity contribution < 1.29 is 14.2 Å². The Kier molecular flexibility index (Phi) is 4.24. The van der Waals surface area contributed by atoms with Crippen LogP contribution in [0.2, 0.25) is 0 Å². The molecule has 0 amide bonds. The Hall–Kier alpha value is -0.930. The van der Waals surface area contributed by atoms with E-state index in [9.17, 15) is 9.50 Å². The Labute approximate surface area is 89.7 Å². The van der Waals surface area contributed by atoms with Crippen molar-refractivity contribution in [2.24, 2.45) is 0 Å². The van der Waals surface area contributed by atoms with Gasteiger partial charge in [-0.15, -0.1) is 0 Å². The Morgan fingerprint density at radius 3 is 2.67 bits per heavy atom. The molecule has 0 spiro atoms. The van der Waals surface area contributed by atoms with Crippen LogP contribution in [-0.4, -0.2) is 17.8 Å². The average Bonchev–Trinajstić information content (AvgIpc) is 2.18. The van der Waals surface area contributed by atoms with E-state index in [1.807, 2.05) is 13.8 Å². The molecular weight excluding hydrogens is 195 g/mol. The lowest BCUT2D eigenvalue weighted by Crippen LogP contribution is -2.13. The first-order chi connectivity index (χ1) is 7.02. The third kappa shape index (κ3) is 3.29. The number of hydrogen-bond acceptors (Lipinski definition) is 2. The van der Waals surface area contributed by atoms with E-state index in [0.29, 0.717) is 11.1 Å². The fourth-order valence-electron chi connectivity index (χ4n) is 1.30. The van der Waals surface area contributed by atoms with Gasteiger partial charge >= 0.3 is 0 Å².